The molecule has 1 saturated carbocycles. The average molecular weight is 281 g/mol. The van der Waals surface area contributed by atoms with Crippen LogP contribution in [-0.4, -0.2) is 30.9 Å². The van der Waals surface area contributed by atoms with Gasteiger partial charge < -0.3 is 9.47 Å². The van der Waals surface area contributed by atoms with Crippen LogP contribution < -0.4 is 4.74 Å². The minimum absolute atomic E-state index is 0.0994. The van der Waals surface area contributed by atoms with Crippen LogP contribution in [0.2, 0.25) is 0 Å². The van der Waals surface area contributed by atoms with E-state index in [1.165, 1.54) is 7.11 Å². The molecule has 0 aliphatic heterocycles. The first kappa shape index (κ1) is 14.2. The fourth-order valence-corrected chi connectivity index (χ4v) is 3.25. The van der Waals surface area contributed by atoms with Crippen LogP contribution in [0.4, 0.5) is 0 Å². The van der Waals surface area contributed by atoms with Gasteiger partial charge in [-0.1, -0.05) is 6.07 Å². The Morgan fingerprint density at radius 2 is 2.21 bits per heavy atom. The van der Waals surface area contributed by atoms with Gasteiger partial charge in [-0.3, -0.25) is 4.79 Å². The predicted octanol–water partition coefficient (Wildman–Crippen LogP) is 2.67. The normalized spacial score (nSPS) is 15.9. The Labute approximate surface area is 117 Å². The van der Waals surface area contributed by atoms with Gasteiger partial charge in [-0.15, -0.1) is 0 Å². The summed E-state index contributed by atoms with van der Waals surface area (Å²) >= 11 is 1.82. The standard InChI is InChI=1S/C14H19NO3S/c1-17-12-5-3-4-11(15-12)9-19-10-14(6-7-14)8-13(16)18-2/h3-5H,6-10H2,1-2H3. The van der Waals surface area contributed by atoms with E-state index in [-0.39, 0.29) is 11.4 Å². The van der Waals surface area contributed by atoms with Crippen molar-refractivity contribution in [3.05, 3.63) is 23.9 Å². The highest BCUT2D eigenvalue weighted by molar-refractivity contribution is 7.98. The number of hydrogen-bond acceptors (Lipinski definition) is 5. The molecule has 1 aromatic rings. The molecule has 5 heteroatoms. The summed E-state index contributed by atoms with van der Waals surface area (Å²) in [6.45, 7) is 0. The molecule has 1 fully saturated rings. The Bertz CT molecular complexity index is 446. The van der Waals surface area contributed by atoms with Crippen molar-refractivity contribution in [1.29, 1.82) is 0 Å². The fraction of sp³-hybridized carbons (Fsp3) is 0.571. The molecule has 0 unspecified atom stereocenters. The van der Waals surface area contributed by atoms with Gasteiger partial charge in [-0.05, 0) is 30.1 Å². The lowest BCUT2D eigenvalue weighted by atomic mass is 10.1. The summed E-state index contributed by atoms with van der Waals surface area (Å²) in [7, 11) is 3.07. The number of pyridine rings is 1. The number of nitrogens with zero attached hydrogens (tertiary/aromatic N) is 1. The van der Waals surface area contributed by atoms with Crippen molar-refractivity contribution in [3.8, 4) is 5.88 Å². The van der Waals surface area contributed by atoms with Crippen molar-refractivity contribution in [2.75, 3.05) is 20.0 Å². The number of hydrogen-bond donors (Lipinski definition) is 0. The second-order valence-corrected chi connectivity index (χ2v) is 5.90. The van der Waals surface area contributed by atoms with Gasteiger partial charge in [-0.25, -0.2) is 4.98 Å². The van der Waals surface area contributed by atoms with E-state index in [2.05, 4.69) is 4.98 Å². The second-order valence-electron chi connectivity index (χ2n) is 4.92. The number of thioether (sulfide) groups is 1. The first-order valence-corrected chi connectivity index (χ1v) is 7.47. The highest BCUT2D eigenvalue weighted by atomic mass is 32.2. The lowest BCUT2D eigenvalue weighted by Crippen LogP contribution is -2.13. The van der Waals surface area contributed by atoms with Gasteiger partial charge in [0.05, 0.1) is 26.3 Å². The highest BCUT2D eigenvalue weighted by Crippen LogP contribution is 2.51. The van der Waals surface area contributed by atoms with E-state index in [1.807, 2.05) is 30.0 Å². The van der Waals surface area contributed by atoms with Crippen LogP contribution in [0.15, 0.2) is 18.2 Å². The van der Waals surface area contributed by atoms with E-state index in [0.29, 0.717) is 12.3 Å². The molecule has 0 radical (unpaired) electrons. The summed E-state index contributed by atoms with van der Waals surface area (Å²) in [5.74, 6) is 2.38. The molecule has 0 saturated heterocycles. The smallest absolute Gasteiger partial charge is 0.306 e. The Balaban J connectivity index is 1.78. The molecule has 1 aromatic heterocycles. The van der Waals surface area contributed by atoms with Crippen LogP contribution >= 0.6 is 11.8 Å². The topological polar surface area (TPSA) is 48.4 Å². The van der Waals surface area contributed by atoms with Gasteiger partial charge in [0.2, 0.25) is 5.88 Å². The molecule has 104 valence electrons. The van der Waals surface area contributed by atoms with Gasteiger partial charge in [0.1, 0.15) is 0 Å². The number of carbonyl (C=O) groups excluding carboxylic acids is 1. The van der Waals surface area contributed by atoms with Crippen LogP contribution in [0.1, 0.15) is 25.0 Å². The van der Waals surface area contributed by atoms with Crippen LogP contribution in [0.25, 0.3) is 0 Å². The molecule has 0 bridgehead atoms. The summed E-state index contributed by atoms with van der Waals surface area (Å²) in [6.07, 6.45) is 2.79. The Hall–Kier alpha value is -1.23. The van der Waals surface area contributed by atoms with Crippen LogP contribution in [-0.2, 0) is 15.3 Å². The van der Waals surface area contributed by atoms with E-state index >= 15 is 0 Å². The van der Waals surface area contributed by atoms with E-state index < -0.39 is 0 Å². The molecule has 0 amide bonds. The molecule has 1 aliphatic rings. The Morgan fingerprint density at radius 1 is 1.42 bits per heavy atom. The number of ether oxygens (including phenoxy) is 2. The summed E-state index contributed by atoms with van der Waals surface area (Å²) in [5.41, 5.74) is 1.19. The van der Waals surface area contributed by atoms with Crippen molar-refractivity contribution < 1.29 is 14.3 Å². The van der Waals surface area contributed by atoms with Gasteiger partial charge in [0.15, 0.2) is 0 Å². The third kappa shape index (κ3) is 4.13. The lowest BCUT2D eigenvalue weighted by Gasteiger charge is -2.12. The van der Waals surface area contributed by atoms with Crippen molar-refractivity contribution in [3.63, 3.8) is 0 Å². The zero-order valence-corrected chi connectivity index (χ0v) is 12.2. The largest absolute Gasteiger partial charge is 0.481 e. The van der Waals surface area contributed by atoms with Gasteiger partial charge in [0, 0.05) is 11.8 Å². The predicted molar refractivity (Wildman–Crippen MR) is 75.3 cm³/mol. The molecular weight excluding hydrogens is 262 g/mol. The summed E-state index contributed by atoms with van der Waals surface area (Å²) in [4.78, 5) is 15.7. The monoisotopic (exact) mass is 281 g/mol. The zero-order valence-electron chi connectivity index (χ0n) is 11.3. The molecular formula is C14H19NO3S. The molecule has 0 aromatic carbocycles. The van der Waals surface area contributed by atoms with Crippen molar-refractivity contribution in [2.24, 2.45) is 5.41 Å². The van der Waals surface area contributed by atoms with Crippen molar-refractivity contribution >= 4 is 17.7 Å². The summed E-state index contributed by atoms with van der Waals surface area (Å²) < 4.78 is 9.84. The number of rotatable bonds is 7. The maximum Gasteiger partial charge on any atom is 0.306 e. The maximum atomic E-state index is 11.3. The maximum absolute atomic E-state index is 11.3. The van der Waals surface area contributed by atoms with E-state index in [4.69, 9.17) is 9.47 Å². The lowest BCUT2D eigenvalue weighted by molar-refractivity contribution is -0.141. The third-order valence-electron chi connectivity index (χ3n) is 3.35. The molecule has 19 heavy (non-hydrogen) atoms. The van der Waals surface area contributed by atoms with E-state index in [9.17, 15) is 4.79 Å². The van der Waals surface area contributed by atoms with Crippen LogP contribution in [0.3, 0.4) is 0 Å². The van der Waals surface area contributed by atoms with E-state index in [0.717, 1.165) is 30.0 Å². The summed E-state index contributed by atoms with van der Waals surface area (Å²) in [6, 6.07) is 5.78. The number of aromatic nitrogens is 1. The van der Waals surface area contributed by atoms with E-state index in [1.54, 1.807) is 7.11 Å². The Morgan fingerprint density at radius 3 is 2.84 bits per heavy atom. The number of esters is 1. The molecule has 1 aliphatic carbocycles. The first-order valence-electron chi connectivity index (χ1n) is 6.32. The molecule has 2 rings (SSSR count). The minimum Gasteiger partial charge on any atom is -0.481 e. The third-order valence-corrected chi connectivity index (χ3v) is 4.67. The molecule has 0 N–H and O–H groups in total. The highest BCUT2D eigenvalue weighted by Gasteiger charge is 2.44. The molecule has 0 atom stereocenters. The quantitative estimate of drug-likeness (QED) is 0.719. The number of methoxy groups -OCH3 is 2. The fourth-order valence-electron chi connectivity index (χ4n) is 1.95. The van der Waals surface area contributed by atoms with Crippen molar-refractivity contribution in [2.45, 2.75) is 25.0 Å². The SMILES string of the molecule is COC(=O)CC1(CSCc2cccc(OC)n2)CC1. The van der Waals surface area contributed by atoms with Gasteiger partial charge in [-0.2, -0.15) is 11.8 Å². The zero-order chi connectivity index (χ0) is 13.7. The Kier molecular flexibility index (Phi) is 4.69. The molecule has 0 spiro atoms. The van der Waals surface area contributed by atoms with Gasteiger partial charge in [0.25, 0.3) is 0 Å². The molecule has 4 nitrogen and oxygen atoms in total. The van der Waals surface area contributed by atoms with Crippen molar-refractivity contribution in [1.82, 2.24) is 4.98 Å². The number of carbonyl (C=O) groups is 1. The summed E-state index contributed by atoms with van der Waals surface area (Å²) in [5, 5.41) is 0. The average Bonchev–Trinajstić information content (AvgIpc) is 3.18. The molecule has 1 heterocycles. The second kappa shape index (κ2) is 6.28. The van der Waals surface area contributed by atoms with Gasteiger partial charge >= 0.3 is 5.97 Å². The first-order chi connectivity index (χ1) is 9.17. The van der Waals surface area contributed by atoms with Crippen LogP contribution in [0.5, 0.6) is 5.88 Å². The minimum atomic E-state index is -0.0994. The van der Waals surface area contributed by atoms with Crippen LogP contribution in [0, 0.1) is 5.41 Å².